The van der Waals surface area contributed by atoms with Gasteiger partial charge >= 0.3 is 0 Å². The van der Waals surface area contributed by atoms with Gasteiger partial charge in [-0.1, -0.05) is 0 Å². The first-order valence-electron chi connectivity index (χ1n) is 3.73. The molecule has 1 aliphatic carbocycles. The van der Waals surface area contributed by atoms with E-state index >= 15 is 0 Å². The van der Waals surface area contributed by atoms with Gasteiger partial charge in [0.25, 0.3) is 0 Å². The van der Waals surface area contributed by atoms with E-state index in [1.54, 1.807) is 6.07 Å². The largest absolute Gasteiger partial charge is 0.489 e. The van der Waals surface area contributed by atoms with Crippen LogP contribution in [0.25, 0.3) is 0 Å². The third-order valence-corrected chi connectivity index (χ3v) is 2.28. The fourth-order valence-corrected chi connectivity index (χ4v) is 1.62. The van der Waals surface area contributed by atoms with Crippen molar-refractivity contribution in [1.82, 2.24) is 0 Å². The summed E-state index contributed by atoms with van der Waals surface area (Å²) in [7, 11) is 0. The van der Waals surface area contributed by atoms with Crippen LogP contribution in [0.3, 0.4) is 0 Å². The molecule has 0 bridgehead atoms. The summed E-state index contributed by atoms with van der Waals surface area (Å²) in [4.78, 5) is 0. The highest BCUT2D eigenvalue weighted by molar-refractivity contribution is 5.45. The van der Waals surface area contributed by atoms with Gasteiger partial charge in [0.15, 0.2) is 0 Å². The topological polar surface area (TPSA) is 9.23 Å². The Hall–Kier alpha value is -1.05. The van der Waals surface area contributed by atoms with Crippen LogP contribution in [0.1, 0.15) is 17.9 Å². The van der Waals surface area contributed by atoms with Crippen molar-refractivity contribution in [2.75, 3.05) is 0 Å². The van der Waals surface area contributed by atoms with Gasteiger partial charge in [0, 0.05) is 17.5 Å². The minimum absolute atomic E-state index is 0.278. The lowest BCUT2D eigenvalue weighted by Crippen LogP contribution is -1.90. The van der Waals surface area contributed by atoms with Crippen LogP contribution in [0.2, 0.25) is 0 Å². The smallest absolute Gasteiger partial charge is 0.131 e. The summed E-state index contributed by atoms with van der Waals surface area (Å²) in [6, 6.07) is 5.77. The Labute approximate surface area is 63.8 Å². The molecule has 2 heteroatoms. The summed E-state index contributed by atoms with van der Waals surface area (Å²) < 4.78 is 18.1. The Kier molecular flexibility index (Phi) is 0.799. The van der Waals surface area contributed by atoms with E-state index in [0.717, 1.165) is 17.7 Å². The van der Waals surface area contributed by atoms with E-state index in [-0.39, 0.29) is 5.82 Å². The van der Waals surface area contributed by atoms with E-state index in [9.17, 15) is 4.39 Å². The van der Waals surface area contributed by atoms with Crippen molar-refractivity contribution in [3.63, 3.8) is 0 Å². The van der Waals surface area contributed by atoms with Gasteiger partial charge in [-0.15, -0.1) is 0 Å². The summed E-state index contributed by atoms with van der Waals surface area (Å²) in [6.07, 6.45) is 1.38. The second-order valence-corrected chi connectivity index (χ2v) is 3.08. The average Bonchev–Trinajstić information content (AvgIpc) is 2.67. The van der Waals surface area contributed by atoms with Crippen LogP contribution in [0.4, 0.5) is 4.39 Å². The van der Waals surface area contributed by atoms with Gasteiger partial charge in [0.2, 0.25) is 0 Å². The van der Waals surface area contributed by atoms with Crippen LogP contribution in [-0.2, 0) is 0 Å². The predicted molar refractivity (Wildman–Crippen MR) is 37.0 cm³/mol. The number of ether oxygens (including phenoxy) is 1. The summed E-state index contributed by atoms with van der Waals surface area (Å²) in [5, 5.41) is 0. The molecule has 1 aromatic carbocycles. The van der Waals surface area contributed by atoms with Crippen LogP contribution in [0, 0.1) is 11.9 Å². The molecule has 0 spiro atoms. The number of fused-ring (bicyclic) bond motifs is 3. The van der Waals surface area contributed by atoms with Crippen LogP contribution in [-0.4, -0.2) is 6.10 Å². The molecule has 1 aromatic rings. The Balaban J connectivity index is 2.20. The lowest BCUT2D eigenvalue weighted by atomic mass is 10.1. The molecule has 0 amide bonds. The lowest BCUT2D eigenvalue weighted by molar-refractivity contribution is 0.318. The highest BCUT2D eigenvalue weighted by Crippen LogP contribution is 2.53. The summed E-state index contributed by atoms with van der Waals surface area (Å²) in [5.41, 5.74) is 0.940. The molecule has 3 rings (SSSR count). The van der Waals surface area contributed by atoms with E-state index in [4.69, 9.17) is 4.74 Å². The molecule has 2 unspecified atom stereocenters. The minimum atomic E-state index is -0.278. The molecule has 1 aliphatic heterocycles. The Morgan fingerprint density at radius 3 is 3.36 bits per heavy atom. The maximum atomic E-state index is 12.6. The van der Waals surface area contributed by atoms with Crippen molar-refractivity contribution >= 4 is 0 Å². The monoisotopic (exact) mass is 149 g/mol. The van der Waals surface area contributed by atoms with E-state index in [1.807, 2.05) is 0 Å². The maximum absolute atomic E-state index is 12.6. The average molecular weight is 149 g/mol. The van der Waals surface area contributed by atoms with E-state index < -0.39 is 0 Å². The summed E-state index contributed by atoms with van der Waals surface area (Å²) in [5.74, 6) is 0.994. The van der Waals surface area contributed by atoms with Gasteiger partial charge < -0.3 is 4.74 Å². The van der Waals surface area contributed by atoms with Crippen LogP contribution in [0.5, 0.6) is 5.75 Å². The Bertz CT molecular complexity index is 321. The molecule has 2 atom stereocenters. The minimum Gasteiger partial charge on any atom is -0.489 e. The molecule has 1 radical (unpaired) electrons. The highest BCUT2D eigenvalue weighted by Gasteiger charge is 2.48. The fraction of sp³-hybridized carbons (Fsp3) is 0.333. The lowest BCUT2D eigenvalue weighted by Gasteiger charge is -2.00. The molecule has 1 nitrogen and oxygen atoms in total. The van der Waals surface area contributed by atoms with Crippen molar-refractivity contribution in [3.05, 3.63) is 29.6 Å². The Morgan fingerprint density at radius 2 is 2.45 bits per heavy atom. The quantitative estimate of drug-likeness (QED) is 0.547. The molecule has 1 heterocycles. The fourth-order valence-electron chi connectivity index (χ4n) is 1.62. The number of benzene rings is 1. The molecule has 1 fully saturated rings. The van der Waals surface area contributed by atoms with Crippen molar-refractivity contribution in [2.24, 2.45) is 0 Å². The van der Waals surface area contributed by atoms with E-state index in [1.165, 1.54) is 6.07 Å². The maximum Gasteiger partial charge on any atom is 0.131 e. The van der Waals surface area contributed by atoms with Crippen molar-refractivity contribution in [2.45, 2.75) is 18.4 Å². The van der Waals surface area contributed by atoms with Crippen LogP contribution >= 0.6 is 0 Å². The molecule has 1 saturated carbocycles. The van der Waals surface area contributed by atoms with Gasteiger partial charge in [0.1, 0.15) is 17.7 Å². The molecule has 0 N–H and O–H groups in total. The number of halogens is 1. The van der Waals surface area contributed by atoms with E-state index in [0.29, 0.717) is 12.0 Å². The van der Waals surface area contributed by atoms with Gasteiger partial charge in [-0.25, -0.2) is 4.39 Å². The van der Waals surface area contributed by atoms with Crippen LogP contribution < -0.4 is 4.74 Å². The summed E-state index contributed by atoms with van der Waals surface area (Å²) >= 11 is 0. The van der Waals surface area contributed by atoms with E-state index in [2.05, 4.69) is 6.07 Å². The molecule has 11 heavy (non-hydrogen) atoms. The van der Waals surface area contributed by atoms with Gasteiger partial charge in [-0.2, -0.15) is 0 Å². The number of hydrogen-bond acceptors (Lipinski definition) is 1. The predicted octanol–water partition coefficient (Wildman–Crippen LogP) is 1.87. The zero-order valence-corrected chi connectivity index (χ0v) is 5.80. The van der Waals surface area contributed by atoms with Gasteiger partial charge in [-0.3, -0.25) is 0 Å². The molecule has 55 valence electrons. The Morgan fingerprint density at radius 1 is 1.55 bits per heavy atom. The number of hydrogen-bond donors (Lipinski definition) is 0. The van der Waals surface area contributed by atoms with Crippen molar-refractivity contribution in [3.8, 4) is 5.75 Å². The second-order valence-electron chi connectivity index (χ2n) is 3.08. The standard InChI is InChI=1S/C9H6FO/c10-5-1-2-8-6(3-5)7-4-9(7)11-8/h1-2,7,9H,4H2. The first kappa shape index (κ1) is 5.58. The zero-order valence-electron chi connectivity index (χ0n) is 5.80. The SMILES string of the molecule is Fc1[c]c2c(cc1)OC1CC21. The second kappa shape index (κ2) is 1.58. The molecule has 0 saturated heterocycles. The number of rotatable bonds is 0. The van der Waals surface area contributed by atoms with Gasteiger partial charge in [0.05, 0.1) is 0 Å². The first-order valence-corrected chi connectivity index (χ1v) is 3.73. The third kappa shape index (κ3) is 0.642. The molecule has 0 aromatic heterocycles. The molecule has 2 aliphatic rings. The van der Waals surface area contributed by atoms with Crippen LogP contribution in [0.15, 0.2) is 12.1 Å². The molecular formula is C9H6FO. The normalized spacial score (nSPS) is 30.6. The summed E-state index contributed by atoms with van der Waals surface area (Å²) in [6.45, 7) is 0. The van der Waals surface area contributed by atoms with Crippen molar-refractivity contribution < 1.29 is 9.13 Å². The van der Waals surface area contributed by atoms with Gasteiger partial charge in [-0.05, 0) is 18.6 Å². The zero-order chi connectivity index (χ0) is 7.42. The van der Waals surface area contributed by atoms with Crippen molar-refractivity contribution in [1.29, 1.82) is 0 Å². The third-order valence-electron chi connectivity index (χ3n) is 2.28. The first-order chi connectivity index (χ1) is 5.34. The highest BCUT2D eigenvalue weighted by atomic mass is 19.1. The molecular weight excluding hydrogens is 143 g/mol.